The van der Waals surface area contributed by atoms with Crippen LogP contribution in [0.3, 0.4) is 0 Å². The highest BCUT2D eigenvalue weighted by Gasteiger charge is 2.18. The van der Waals surface area contributed by atoms with Crippen molar-refractivity contribution in [2.75, 3.05) is 39.3 Å². The quantitative estimate of drug-likeness (QED) is 0.549. The van der Waals surface area contributed by atoms with Gasteiger partial charge in [-0.1, -0.05) is 26.8 Å². The van der Waals surface area contributed by atoms with Crippen LogP contribution in [0.4, 0.5) is 0 Å². The van der Waals surface area contributed by atoms with Gasteiger partial charge in [0.25, 0.3) is 5.56 Å². The van der Waals surface area contributed by atoms with Gasteiger partial charge in [0, 0.05) is 37.3 Å². The molecule has 170 valence electrons. The smallest absolute Gasteiger partial charge is 0.253 e. The van der Waals surface area contributed by atoms with Gasteiger partial charge in [-0.25, -0.2) is 0 Å². The number of rotatable bonds is 10. The van der Waals surface area contributed by atoms with Crippen LogP contribution >= 0.6 is 12.2 Å². The van der Waals surface area contributed by atoms with Gasteiger partial charge >= 0.3 is 0 Å². The number of hydrogen-bond donors (Lipinski definition) is 2. The number of hydrogen-bond acceptors (Lipinski definition) is 4. The van der Waals surface area contributed by atoms with Crippen LogP contribution in [0.25, 0.3) is 10.9 Å². The molecule has 0 unspecified atom stereocenters. The minimum atomic E-state index is -0.0495. The normalized spacial score (nSPS) is 16.2. The Hall–Kier alpha value is -1.96. The van der Waals surface area contributed by atoms with E-state index in [1.54, 1.807) is 0 Å². The largest absolute Gasteiger partial charge is 0.376 e. The van der Waals surface area contributed by atoms with E-state index in [4.69, 9.17) is 17.0 Å². The Kier molecular flexibility index (Phi) is 8.87. The molecule has 2 N–H and O–H groups in total. The summed E-state index contributed by atoms with van der Waals surface area (Å²) >= 11 is 5.74. The van der Waals surface area contributed by atoms with Gasteiger partial charge in [0.15, 0.2) is 5.11 Å². The average molecular weight is 445 g/mol. The van der Waals surface area contributed by atoms with Crippen LogP contribution < -0.4 is 10.9 Å². The molecular weight excluding hydrogens is 408 g/mol. The summed E-state index contributed by atoms with van der Waals surface area (Å²) in [6.07, 6.45) is 3.37. The maximum atomic E-state index is 12.8. The van der Waals surface area contributed by atoms with Gasteiger partial charge in [-0.2, -0.15) is 0 Å². The maximum absolute atomic E-state index is 12.8. The zero-order valence-corrected chi connectivity index (χ0v) is 19.9. The minimum absolute atomic E-state index is 0.0495. The molecular formula is C24H36N4O2S. The molecule has 0 saturated carbocycles. The van der Waals surface area contributed by atoms with Crippen LogP contribution in [0, 0.1) is 0 Å². The van der Waals surface area contributed by atoms with Gasteiger partial charge in [-0.15, -0.1) is 0 Å². The van der Waals surface area contributed by atoms with Crippen LogP contribution in [-0.4, -0.2) is 65.3 Å². The lowest BCUT2D eigenvalue weighted by atomic mass is 10.1. The standard InChI is InChI=1S/C24H36N4O2S/c1-4-18-9-10-22-19(14-18)15-20(23(29)26-22)17-28(12-11-27(5-2)6-3)24(31)25-16-21-8-7-13-30-21/h9-10,14-15,21H,4-8,11-13,16-17H2,1-3H3,(H,25,31)(H,26,29)/t21-/m1/s1. The second kappa shape index (κ2) is 11.6. The summed E-state index contributed by atoms with van der Waals surface area (Å²) in [5.41, 5.74) is 2.82. The summed E-state index contributed by atoms with van der Waals surface area (Å²) < 4.78 is 5.72. The third-order valence-electron chi connectivity index (χ3n) is 6.13. The number of ether oxygens (including phenoxy) is 1. The summed E-state index contributed by atoms with van der Waals surface area (Å²) in [4.78, 5) is 20.3. The van der Waals surface area contributed by atoms with E-state index >= 15 is 0 Å². The number of likely N-dealkylation sites (N-methyl/N-ethyl adjacent to an activating group) is 1. The van der Waals surface area contributed by atoms with Gasteiger partial charge in [-0.3, -0.25) is 4.79 Å². The van der Waals surface area contributed by atoms with Gasteiger partial charge in [0.1, 0.15) is 0 Å². The van der Waals surface area contributed by atoms with E-state index in [0.29, 0.717) is 18.2 Å². The van der Waals surface area contributed by atoms with Crippen molar-refractivity contribution < 1.29 is 4.74 Å². The predicted octanol–water partition coefficient (Wildman–Crippen LogP) is 3.29. The summed E-state index contributed by atoms with van der Waals surface area (Å²) in [6.45, 7) is 12.2. The number of nitrogens with zero attached hydrogens (tertiary/aromatic N) is 2. The highest BCUT2D eigenvalue weighted by Crippen LogP contribution is 2.16. The maximum Gasteiger partial charge on any atom is 0.253 e. The SMILES string of the molecule is CCc1ccc2[nH]c(=O)c(CN(CCN(CC)CC)C(=S)NC[C@H]3CCCO3)cc2c1. The third-order valence-corrected chi connectivity index (χ3v) is 6.53. The van der Waals surface area contributed by atoms with Crippen LogP contribution in [-0.2, 0) is 17.7 Å². The van der Waals surface area contributed by atoms with Crippen molar-refractivity contribution in [2.24, 2.45) is 0 Å². The monoisotopic (exact) mass is 444 g/mol. The highest BCUT2D eigenvalue weighted by molar-refractivity contribution is 7.80. The van der Waals surface area contributed by atoms with Crippen LogP contribution in [0.1, 0.15) is 44.7 Å². The first kappa shape index (κ1) is 23.7. The molecule has 0 spiro atoms. The van der Waals surface area contributed by atoms with Gasteiger partial charge < -0.3 is 24.8 Å². The lowest BCUT2D eigenvalue weighted by Crippen LogP contribution is -2.46. The Morgan fingerprint density at radius 2 is 2.03 bits per heavy atom. The molecule has 7 heteroatoms. The Morgan fingerprint density at radius 3 is 2.71 bits per heavy atom. The van der Waals surface area contributed by atoms with E-state index in [1.165, 1.54) is 5.56 Å². The lowest BCUT2D eigenvalue weighted by molar-refractivity contribution is 0.113. The number of pyridine rings is 1. The molecule has 1 aliphatic rings. The molecule has 1 aromatic heterocycles. The second-order valence-electron chi connectivity index (χ2n) is 8.17. The third kappa shape index (κ3) is 6.51. The molecule has 1 saturated heterocycles. The first-order valence-electron chi connectivity index (χ1n) is 11.6. The highest BCUT2D eigenvalue weighted by atomic mass is 32.1. The van der Waals surface area contributed by atoms with Crippen molar-refractivity contribution in [3.63, 3.8) is 0 Å². The number of fused-ring (bicyclic) bond motifs is 1. The molecule has 2 aromatic rings. The molecule has 0 amide bonds. The number of aryl methyl sites for hydroxylation is 1. The number of nitrogens with one attached hydrogen (secondary N) is 2. The van der Waals surface area contributed by atoms with Crippen molar-refractivity contribution >= 4 is 28.2 Å². The van der Waals surface area contributed by atoms with Crippen LogP contribution in [0.2, 0.25) is 0 Å². The second-order valence-corrected chi connectivity index (χ2v) is 8.56. The Morgan fingerprint density at radius 1 is 1.23 bits per heavy atom. The topological polar surface area (TPSA) is 60.6 Å². The van der Waals surface area contributed by atoms with Crippen molar-refractivity contribution in [1.82, 2.24) is 20.1 Å². The summed E-state index contributed by atoms with van der Waals surface area (Å²) in [5.74, 6) is 0. The lowest BCUT2D eigenvalue weighted by Gasteiger charge is -2.29. The molecule has 0 aliphatic carbocycles. The Bertz CT molecular complexity index is 919. The Labute approximate surface area is 191 Å². The van der Waals surface area contributed by atoms with Gasteiger partial charge in [0.2, 0.25) is 0 Å². The average Bonchev–Trinajstić information content (AvgIpc) is 3.31. The van der Waals surface area contributed by atoms with E-state index in [0.717, 1.165) is 68.5 Å². The molecule has 6 nitrogen and oxygen atoms in total. The summed E-state index contributed by atoms with van der Waals surface area (Å²) in [7, 11) is 0. The van der Waals surface area contributed by atoms with E-state index in [1.807, 2.05) is 12.1 Å². The van der Waals surface area contributed by atoms with Gasteiger partial charge in [0.05, 0.1) is 12.6 Å². The fourth-order valence-electron chi connectivity index (χ4n) is 4.02. The first-order chi connectivity index (χ1) is 15.0. The molecule has 1 aromatic carbocycles. The fraction of sp³-hybridized carbons (Fsp3) is 0.583. The molecule has 2 heterocycles. The Balaban J connectivity index is 1.77. The van der Waals surface area contributed by atoms with Crippen molar-refractivity contribution in [2.45, 2.75) is 52.7 Å². The predicted molar refractivity (Wildman–Crippen MR) is 132 cm³/mol. The number of thiocarbonyl (C=S) groups is 1. The minimum Gasteiger partial charge on any atom is -0.376 e. The van der Waals surface area contributed by atoms with Crippen LogP contribution in [0.5, 0.6) is 0 Å². The zero-order chi connectivity index (χ0) is 22.2. The van der Waals surface area contributed by atoms with E-state index < -0.39 is 0 Å². The molecule has 1 fully saturated rings. The first-order valence-corrected chi connectivity index (χ1v) is 12.0. The number of aromatic nitrogens is 1. The van der Waals surface area contributed by atoms with Crippen LogP contribution in [0.15, 0.2) is 29.1 Å². The van der Waals surface area contributed by atoms with Crippen molar-refractivity contribution in [3.8, 4) is 0 Å². The molecule has 0 bridgehead atoms. The molecule has 1 atom stereocenters. The summed E-state index contributed by atoms with van der Waals surface area (Å²) in [5, 5.41) is 5.13. The number of benzene rings is 1. The van der Waals surface area contributed by atoms with Crippen molar-refractivity contribution in [3.05, 3.63) is 45.7 Å². The molecule has 31 heavy (non-hydrogen) atoms. The van der Waals surface area contributed by atoms with E-state index in [2.05, 4.69) is 53.0 Å². The molecule has 3 rings (SSSR count). The summed E-state index contributed by atoms with van der Waals surface area (Å²) in [6, 6.07) is 8.23. The van der Waals surface area contributed by atoms with Gasteiger partial charge in [-0.05, 0) is 73.7 Å². The number of aromatic amines is 1. The zero-order valence-electron chi connectivity index (χ0n) is 19.1. The fourth-order valence-corrected chi connectivity index (χ4v) is 4.26. The molecule has 0 radical (unpaired) electrons. The van der Waals surface area contributed by atoms with E-state index in [-0.39, 0.29) is 11.7 Å². The van der Waals surface area contributed by atoms with Crippen molar-refractivity contribution in [1.29, 1.82) is 0 Å². The molecule has 1 aliphatic heterocycles. The van der Waals surface area contributed by atoms with E-state index in [9.17, 15) is 4.79 Å². The number of H-pyrrole nitrogens is 1.